The average Bonchev–Trinajstić information content (AvgIpc) is 3.38. The SMILES string of the molecule is COc1ccc(F)c(CN2CCCC3(CCN(C(=O)c4ccco4)C3)C2=O)c1. The van der Waals surface area contributed by atoms with Crippen LogP contribution in [0.25, 0.3) is 0 Å². The van der Waals surface area contributed by atoms with Crippen molar-refractivity contribution in [3.05, 3.63) is 53.7 Å². The van der Waals surface area contributed by atoms with Gasteiger partial charge < -0.3 is 19.0 Å². The zero-order chi connectivity index (χ0) is 19.7. The molecule has 4 rings (SSSR count). The molecule has 2 fully saturated rings. The number of hydrogen-bond donors (Lipinski definition) is 0. The van der Waals surface area contributed by atoms with Crippen LogP contribution >= 0.6 is 0 Å². The Morgan fingerprint density at radius 2 is 2.14 bits per heavy atom. The van der Waals surface area contributed by atoms with Crippen molar-refractivity contribution in [2.45, 2.75) is 25.8 Å². The largest absolute Gasteiger partial charge is 0.497 e. The van der Waals surface area contributed by atoms with Crippen LogP contribution in [0.3, 0.4) is 0 Å². The summed E-state index contributed by atoms with van der Waals surface area (Å²) in [5.74, 6) is 0.304. The second-order valence-electron chi connectivity index (χ2n) is 7.52. The molecule has 2 aromatic rings. The van der Waals surface area contributed by atoms with Crippen LogP contribution in [-0.4, -0.2) is 48.4 Å². The standard InChI is InChI=1S/C21H23FN2O4/c1-27-16-5-6-17(22)15(12-16)13-23-9-3-7-21(20(23)26)8-10-24(14-21)19(25)18-4-2-11-28-18/h2,4-6,11-12H,3,7-10,13-14H2,1H3. The summed E-state index contributed by atoms with van der Waals surface area (Å²) in [7, 11) is 1.53. The maximum Gasteiger partial charge on any atom is 0.289 e. The molecule has 148 valence electrons. The van der Waals surface area contributed by atoms with Crippen molar-refractivity contribution in [3.8, 4) is 5.75 Å². The molecule has 2 aliphatic rings. The van der Waals surface area contributed by atoms with Crippen LogP contribution in [0.2, 0.25) is 0 Å². The lowest BCUT2D eigenvalue weighted by molar-refractivity contribution is -0.146. The van der Waals surface area contributed by atoms with Crippen molar-refractivity contribution in [1.82, 2.24) is 9.80 Å². The van der Waals surface area contributed by atoms with Crippen LogP contribution in [0.15, 0.2) is 41.0 Å². The summed E-state index contributed by atoms with van der Waals surface area (Å²) >= 11 is 0. The van der Waals surface area contributed by atoms with Gasteiger partial charge in [0.05, 0.1) is 18.8 Å². The molecule has 2 saturated heterocycles. The smallest absolute Gasteiger partial charge is 0.289 e. The van der Waals surface area contributed by atoms with Crippen LogP contribution in [0, 0.1) is 11.2 Å². The normalized spacial score (nSPS) is 22.1. The number of halogens is 1. The van der Waals surface area contributed by atoms with Crippen molar-refractivity contribution >= 4 is 11.8 Å². The third-order valence-corrected chi connectivity index (χ3v) is 5.81. The molecule has 1 spiro atoms. The van der Waals surface area contributed by atoms with Gasteiger partial charge in [-0.25, -0.2) is 4.39 Å². The lowest BCUT2D eigenvalue weighted by Gasteiger charge is -2.39. The number of hydrogen-bond acceptors (Lipinski definition) is 4. The van der Waals surface area contributed by atoms with Crippen LogP contribution in [-0.2, 0) is 11.3 Å². The molecule has 1 atom stereocenters. The zero-order valence-corrected chi connectivity index (χ0v) is 15.8. The molecule has 0 aliphatic carbocycles. The van der Waals surface area contributed by atoms with E-state index in [-0.39, 0.29) is 29.9 Å². The van der Waals surface area contributed by atoms with Gasteiger partial charge in [0.25, 0.3) is 5.91 Å². The number of carbonyl (C=O) groups is 2. The Hall–Kier alpha value is -2.83. The third-order valence-electron chi connectivity index (χ3n) is 5.81. The molecule has 1 aromatic carbocycles. The lowest BCUT2D eigenvalue weighted by Crippen LogP contribution is -2.50. The molecular weight excluding hydrogens is 363 g/mol. The molecular formula is C21H23FN2O4. The summed E-state index contributed by atoms with van der Waals surface area (Å²) in [4.78, 5) is 29.3. The second-order valence-corrected chi connectivity index (χ2v) is 7.52. The van der Waals surface area contributed by atoms with Gasteiger partial charge in [-0.15, -0.1) is 0 Å². The van der Waals surface area contributed by atoms with Gasteiger partial charge in [-0.1, -0.05) is 0 Å². The highest BCUT2D eigenvalue weighted by atomic mass is 19.1. The molecule has 1 unspecified atom stereocenters. The molecule has 0 N–H and O–H groups in total. The molecule has 1 aromatic heterocycles. The number of benzene rings is 1. The minimum atomic E-state index is -0.587. The first-order valence-corrected chi connectivity index (χ1v) is 9.47. The van der Waals surface area contributed by atoms with Gasteiger partial charge in [0.2, 0.25) is 5.91 Å². The summed E-state index contributed by atoms with van der Waals surface area (Å²) in [5, 5.41) is 0. The first kappa shape index (κ1) is 18.5. The number of piperidine rings is 1. The Morgan fingerprint density at radius 3 is 2.89 bits per heavy atom. The summed E-state index contributed by atoms with van der Waals surface area (Å²) in [5.41, 5.74) is -0.151. The zero-order valence-electron chi connectivity index (χ0n) is 15.8. The Balaban J connectivity index is 1.50. The highest BCUT2D eigenvalue weighted by molar-refractivity contribution is 5.93. The quantitative estimate of drug-likeness (QED) is 0.810. The van der Waals surface area contributed by atoms with E-state index >= 15 is 0 Å². The Kier molecular flexibility index (Phi) is 4.83. The molecule has 0 bridgehead atoms. The van der Waals surface area contributed by atoms with E-state index in [2.05, 4.69) is 0 Å². The fourth-order valence-electron chi connectivity index (χ4n) is 4.29. The second kappa shape index (κ2) is 7.30. The summed E-state index contributed by atoms with van der Waals surface area (Å²) in [6, 6.07) is 7.86. The highest BCUT2D eigenvalue weighted by Gasteiger charge is 2.49. The fraction of sp³-hybridized carbons (Fsp3) is 0.429. The lowest BCUT2D eigenvalue weighted by atomic mass is 9.78. The minimum absolute atomic E-state index is 0.00397. The van der Waals surface area contributed by atoms with Gasteiger partial charge in [-0.3, -0.25) is 9.59 Å². The van der Waals surface area contributed by atoms with Crippen LogP contribution in [0.5, 0.6) is 5.75 Å². The minimum Gasteiger partial charge on any atom is -0.497 e. The number of likely N-dealkylation sites (tertiary alicyclic amines) is 2. The van der Waals surface area contributed by atoms with E-state index in [1.54, 1.807) is 34.1 Å². The molecule has 6 nitrogen and oxygen atoms in total. The Bertz CT molecular complexity index is 883. The topological polar surface area (TPSA) is 63.0 Å². The predicted molar refractivity (Wildman–Crippen MR) is 99.3 cm³/mol. The molecule has 0 radical (unpaired) electrons. The van der Waals surface area contributed by atoms with Crippen LogP contribution < -0.4 is 4.74 Å². The van der Waals surface area contributed by atoms with Crippen molar-refractivity contribution in [2.75, 3.05) is 26.7 Å². The Labute approximate surface area is 162 Å². The van der Waals surface area contributed by atoms with Crippen molar-refractivity contribution in [1.29, 1.82) is 0 Å². The maximum absolute atomic E-state index is 14.2. The number of rotatable bonds is 4. The van der Waals surface area contributed by atoms with Crippen LogP contribution in [0.1, 0.15) is 35.4 Å². The summed E-state index contributed by atoms with van der Waals surface area (Å²) in [6.07, 6.45) is 3.66. The van der Waals surface area contributed by atoms with E-state index < -0.39 is 5.41 Å². The van der Waals surface area contributed by atoms with E-state index in [0.29, 0.717) is 37.4 Å². The van der Waals surface area contributed by atoms with Gasteiger partial charge in [-0.2, -0.15) is 0 Å². The number of amides is 2. The van der Waals surface area contributed by atoms with Crippen molar-refractivity contribution in [2.24, 2.45) is 5.41 Å². The molecule has 28 heavy (non-hydrogen) atoms. The first-order chi connectivity index (χ1) is 13.5. The molecule has 0 saturated carbocycles. The van der Waals surface area contributed by atoms with E-state index in [1.165, 1.54) is 19.4 Å². The highest BCUT2D eigenvalue weighted by Crippen LogP contribution is 2.41. The third kappa shape index (κ3) is 3.25. The molecule has 3 heterocycles. The molecule has 2 amide bonds. The average molecular weight is 386 g/mol. The van der Waals surface area contributed by atoms with Gasteiger partial charge in [0, 0.05) is 31.7 Å². The number of ether oxygens (including phenoxy) is 1. The number of carbonyl (C=O) groups excluding carboxylic acids is 2. The van der Waals surface area contributed by atoms with E-state index in [9.17, 15) is 14.0 Å². The number of methoxy groups -OCH3 is 1. The Morgan fingerprint density at radius 1 is 1.29 bits per heavy atom. The number of nitrogens with zero attached hydrogens (tertiary/aromatic N) is 2. The molecule has 7 heteroatoms. The van der Waals surface area contributed by atoms with Gasteiger partial charge >= 0.3 is 0 Å². The van der Waals surface area contributed by atoms with Gasteiger partial charge in [0.15, 0.2) is 5.76 Å². The van der Waals surface area contributed by atoms with Crippen LogP contribution in [0.4, 0.5) is 4.39 Å². The van der Waals surface area contributed by atoms with E-state index in [4.69, 9.17) is 9.15 Å². The van der Waals surface area contributed by atoms with Gasteiger partial charge in [0.1, 0.15) is 11.6 Å². The number of furan rings is 1. The first-order valence-electron chi connectivity index (χ1n) is 9.47. The monoisotopic (exact) mass is 386 g/mol. The fourth-order valence-corrected chi connectivity index (χ4v) is 4.29. The van der Waals surface area contributed by atoms with E-state index in [1.807, 2.05) is 0 Å². The van der Waals surface area contributed by atoms with Gasteiger partial charge in [-0.05, 0) is 49.6 Å². The molecule has 2 aliphatic heterocycles. The predicted octanol–water partition coefficient (Wildman–Crippen LogP) is 3.08. The summed E-state index contributed by atoms with van der Waals surface area (Å²) in [6.45, 7) is 1.69. The van der Waals surface area contributed by atoms with Crippen molar-refractivity contribution < 1.29 is 23.1 Å². The van der Waals surface area contributed by atoms with E-state index in [0.717, 1.165) is 12.8 Å². The summed E-state index contributed by atoms with van der Waals surface area (Å²) < 4.78 is 24.6. The maximum atomic E-state index is 14.2. The van der Waals surface area contributed by atoms with Crippen molar-refractivity contribution in [3.63, 3.8) is 0 Å².